The first kappa shape index (κ1) is 33.5. The molecule has 0 aromatic carbocycles. The van der Waals surface area contributed by atoms with Crippen LogP contribution in [-0.2, 0) is 38.1 Å². The number of carbonyl (C=O) groups is 4. The van der Waals surface area contributed by atoms with Gasteiger partial charge in [0.2, 0.25) is 0 Å². The van der Waals surface area contributed by atoms with Gasteiger partial charge in [0.1, 0.15) is 0 Å². The average molecular weight is 564 g/mol. The highest BCUT2D eigenvalue weighted by Gasteiger charge is 2.53. The van der Waals surface area contributed by atoms with Crippen molar-refractivity contribution >= 4 is 23.7 Å². The van der Waals surface area contributed by atoms with E-state index >= 15 is 0 Å². The van der Waals surface area contributed by atoms with E-state index in [4.69, 9.17) is 18.9 Å². The summed E-state index contributed by atoms with van der Waals surface area (Å²) < 4.78 is 24.2. The van der Waals surface area contributed by atoms with E-state index in [0.29, 0.717) is 12.0 Å². The molecule has 0 saturated carbocycles. The first-order valence-electron chi connectivity index (χ1n) is 14.1. The highest BCUT2D eigenvalue weighted by Crippen LogP contribution is 2.36. The highest BCUT2D eigenvalue weighted by atomic mass is 16.6. The van der Waals surface area contributed by atoms with Crippen molar-refractivity contribution < 1.29 is 38.1 Å². The molecule has 0 radical (unpaired) electrons. The Hall–Kier alpha value is -2.68. The monoisotopic (exact) mass is 563 g/mol. The number of nitrogens with zero attached hydrogens (tertiary/aromatic N) is 1. The van der Waals surface area contributed by atoms with Gasteiger partial charge < -0.3 is 23.8 Å². The first-order chi connectivity index (χ1) is 18.2. The third kappa shape index (κ3) is 8.18. The minimum atomic E-state index is -1.15. The van der Waals surface area contributed by atoms with Crippen molar-refractivity contribution in [1.82, 2.24) is 4.90 Å². The van der Waals surface area contributed by atoms with E-state index in [2.05, 4.69) is 6.58 Å². The Balaban J connectivity index is 2.68. The molecule has 0 aromatic heterocycles. The zero-order valence-electron chi connectivity index (χ0n) is 26.2. The van der Waals surface area contributed by atoms with Crippen molar-refractivity contribution in [2.24, 2.45) is 22.2 Å². The number of ether oxygens (including phenoxy) is 4. The van der Waals surface area contributed by atoms with Gasteiger partial charge in [-0.25, -0.2) is 0 Å². The topological polar surface area (TPSA) is 108 Å². The van der Waals surface area contributed by atoms with E-state index in [1.807, 2.05) is 18.7 Å². The van der Waals surface area contributed by atoms with Crippen LogP contribution in [0, 0.1) is 22.2 Å². The fourth-order valence-electron chi connectivity index (χ4n) is 4.24. The van der Waals surface area contributed by atoms with Gasteiger partial charge in [0.25, 0.3) is 0 Å². The van der Waals surface area contributed by atoms with Crippen molar-refractivity contribution in [2.45, 2.75) is 120 Å². The molecule has 2 heterocycles. The second-order valence-electron chi connectivity index (χ2n) is 14.2. The van der Waals surface area contributed by atoms with Gasteiger partial charge in [-0.05, 0) is 74.7 Å². The summed E-state index contributed by atoms with van der Waals surface area (Å²) in [5, 5.41) is 0. The van der Waals surface area contributed by atoms with Crippen molar-refractivity contribution in [3.8, 4) is 0 Å². The predicted molar refractivity (Wildman–Crippen MR) is 151 cm³/mol. The summed E-state index contributed by atoms with van der Waals surface area (Å²) in [4.78, 5) is 54.2. The third-order valence-corrected chi connectivity index (χ3v) is 6.85. The molecule has 9 heteroatoms. The van der Waals surface area contributed by atoms with Gasteiger partial charge in [-0.1, -0.05) is 19.9 Å². The molecule has 2 aliphatic heterocycles. The number of carbonyl (C=O) groups excluding carboxylic acids is 4. The maximum atomic E-state index is 13.3. The lowest BCUT2D eigenvalue weighted by Crippen LogP contribution is -2.64. The van der Waals surface area contributed by atoms with Crippen LogP contribution in [0.1, 0.15) is 89.0 Å². The second kappa shape index (κ2) is 12.5. The highest BCUT2D eigenvalue weighted by molar-refractivity contribution is 5.96. The van der Waals surface area contributed by atoms with Crippen LogP contribution in [0.15, 0.2) is 24.4 Å². The predicted octanol–water partition coefficient (Wildman–Crippen LogP) is 4.98. The lowest BCUT2D eigenvalue weighted by Gasteiger charge is -2.49. The van der Waals surface area contributed by atoms with Crippen LogP contribution >= 0.6 is 0 Å². The molecule has 40 heavy (non-hydrogen) atoms. The molecule has 0 spiro atoms. The van der Waals surface area contributed by atoms with Gasteiger partial charge in [0.05, 0.1) is 22.9 Å². The molecule has 0 N–H and O–H groups in total. The Labute approximate surface area is 239 Å². The van der Waals surface area contributed by atoms with Crippen LogP contribution in [0.5, 0.6) is 0 Å². The molecule has 0 amide bonds. The van der Waals surface area contributed by atoms with Crippen molar-refractivity contribution in [2.75, 3.05) is 6.61 Å². The zero-order chi connectivity index (χ0) is 30.8. The summed E-state index contributed by atoms with van der Waals surface area (Å²) in [6, 6.07) is -0.269. The Bertz CT molecular complexity index is 1010. The van der Waals surface area contributed by atoms with Crippen LogP contribution in [0.25, 0.3) is 0 Å². The SMILES string of the molecule is C=CCC1=CN([C@H]2OC[C@@H](OC(=O)C(C)(C)C)[C@@H](OC(=O)C(C)(C)C)[C@@H]2OC(=O)C(C)(C)C)[C@@H](C(C)C)CC1=O. The fraction of sp³-hybridized carbons (Fsp3) is 0.742. The maximum Gasteiger partial charge on any atom is 0.311 e. The molecule has 0 unspecified atom stereocenters. The van der Waals surface area contributed by atoms with Crippen LogP contribution < -0.4 is 0 Å². The number of hydrogen-bond acceptors (Lipinski definition) is 9. The largest absolute Gasteiger partial charge is 0.455 e. The minimum absolute atomic E-state index is 0.0154. The molecule has 226 valence electrons. The van der Waals surface area contributed by atoms with Gasteiger partial charge in [0, 0.05) is 24.2 Å². The number of esters is 3. The van der Waals surface area contributed by atoms with Gasteiger partial charge in [0.15, 0.2) is 30.3 Å². The smallest absolute Gasteiger partial charge is 0.311 e. The van der Waals surface area contributed by atoms with E-state index in [1.54, 1.807) is 74.6 Å². The van der Waals surface area contributed by atoms with Crippen LogP contribution in [0.2, 0.25) is 0 Å². The van der Waals surface area contributed by atoms with Crippen molar-refractivity contribution in [1.29, 1.82) is 0 Å². The minimum Gasteiger partial charge on any atom is -0.455 e. The second-order valence-corrected chi connectivity index (χ2v) is 14.2. The number of allylic oxidation sites excluding steroid dienone is 2. The van der Waals surface area contributed by atoms with E-state index in [9.17, 15) is 19.2 Å². The molecule has 0 bridgehead atoms. The zero-order valence-corrected chi connectivity index (χ0v) is 26.2. The number of hydrogen-bond donors (Lipinski definition) is 0. The molecule has 2 rings (SSSR count). The quantitative estimate of drug-likeness (QED) is 0.241. The fourth-order valence-corrected chi connectivity index (χ4v) is 4.24. The van der Waals surface area contributed by atoms with Gasteiger partial charge >= 0.3 is 17.9 Å². The Kier molecular flexibility index (Phi) is 10.4. The lowest BCUT2D eigenvalue weighted by atomic mass is 9.88. The molecule has 1 fully saturated rings. The summed E-state index contributed by atoms with van der Waals surface area (Å²) in [5.41, 5.74) is -2.02. The number of rotatable bonds is 7. The standard InChI is InChI=1S/C31H49NO8/c1-13-14-19-16-32(20(18(2)3)15-21(19)33)25-24(40-28(36)31(10,11)12)23(39-27(35)30(7,8)9)22(17-37-25)38-26(34)29(4,5)6/h13,16,18,20,22-25H,1,14-15,17H2,2-12H3/t20-,22-,23-,24+,25+/m1/s1. The normalized spacial score (nSPS) is 26.2. The molecular formula is C31H49NO8. The van der Waals surface area contributed by atoms with E-state index in [0.717, 1.165) is 0 Å². The van der Waals surface area contributed by atoms with E-state index in [1.165, 1.54) is 0 Å². The summed E-state index contributed by atoms with van der Waals surface area (Å²) in [6.07, 6.45) is -0.219. The Morgan fingerprint density at radius 1 is 0.925 bits per heavy atom. The molecule has 5 atom stereocenters. The summed E-state index contributed by atoms with van der Waals surface area (Å²) in [7, 11) is 0. The Morgan fingerprint density at radius 2 is 1.40 bits per heavy atom. The molecule has 2 aliphatic rings. The third-order valence-electron chi connectivity index (χ3n) is 6.85. The van der Waals surface area contributed by atoms with Crippen LogP contribution in [0.4, 0.5) is 0 Å². The summed E-state index contributed by atoms with van der Waals surface area (Å²) in [6.45, 7) is 23.2. The molecule has 9 nitrogen and oxygen atoms in total. The summed E-state index contributed by atoms with van der Waals surface area (Å²) >= 11 is 0. The number of Topliss-reactive ketones (excluding diaryl/α,β-unsaturated/α-hetero) is 1. The van der Waals surface area contributed by atoms with Gasteiger partial charge in [-0.15, -0.1) is 6.58 Å². The molecule has 0 aromatic rings. The maximum absolute atomic E-state index is 13.3. The molecular weight excluding hydrogens is 514 g/mol. The molecule has 1 saturated heterocycles. The summed E-state index contributed by atoms with van der Waals surface area (Å²) in [5.74, 6) is -1.52. The van der Waals surface area contributed by atoms with Gasteiger partial charge in [-0.2, -0.15) is 0 Å². The van der Waals surface area contributed by atoms with Gasteiger partial charge in [-0.3, -0.25) is 19.2 Å². The van der Waals surface area contributed by atoms with Crippen LogP contribution in [0.3, 0.4) is 0 Å². The van der Waals surface area contributed by atoms with E-state index < -0.39 is 58.7 Å². The molecule has 0 aliphatic carbocycles. The Morgan fingerprint density at radius 3 is 1.85 bits per heavy atom. The first-order valence-corrected chi connectivity index (χ1v) is 14.1. The van der Waals surface area contributed by atoms with Crippen molar-refractivity contribution in [3.63, 3.8) is 0 Å². The average Bonchev–Trinajstić information content (AvgIpc) is 2.80. The number of ketones is 1. The lowest BCUT2D eigenvalue weighted by molar-refractivity contribution is -0.257. The van der Waals surface area contributed by atoms with E-state index in [-0.39, 0.29) is 30.8 Å². The van der Waals surface area contributed by atoms with Crippen LogP contribution in [-0.4, -0.2) is 65.8 Å². The van der Waals surface area contributed by atoms with Crippen molar-refractivity contribution in [3.05, 3.63) is 24.4 Å².